The minimum absolute atomic E-state index is 0.0688. The topological polar surface area (TPSA) is 74.8 Å². The molecule has 0 aliphatic carbocycles. The molecule has 3 aromatic carbocycles. The van der Waals surface area contributed by atoms with Gasteiger partial charge in [0.25, 0.3) is 0 Å². The van der Waals surface area contributed by atoms with Crippen molar-refractivity contribution in [2.45, 2.75) is 31.8 Å². The highest BCUT2D eigenvalue weighted by Crippen LogP contribution is 2.26. The minimum atomic E-state index is -0.0688. The predicted octanol–water partition coefficient (Wildman–Crippen LogP) is 5.51. The molecular formula is C28H27N5OS. The summed E-state index contributed by atoms with van der Waals surface area (Å²) in [5, 5.41) is 18.7. The van der Waals surface area contributed by atoms with E-state index in [0.29, 0.717) is 18.1 Å². The van der Waals surface area contributed by atoms with Crippen LogP contribution in [0.3, 0.4) is 0 Å². The maximum Gasteiger partial charge on any atom is 0.237 e. The SMILES string of the molecule is Cc1ccc(N(CCC#N)C(=O)CSc2nnc(Cc3ccccc3)n2-c2ccccc2)cc1C. The number of para-hydroxylation sites is 1. The number of hydrogen-bond donors (Lipinski definition) is 0. The summed E-state index contributed by atoms with van der Waals surface area (Å²) < 4.78 is 2.01. The molecule has 1 aromatic heterocycles. The Morgan fingerprint density at radius 2 is 1.69 bits per heavy atom. The van der Waals surface area contributed by atoms with Gasteiger partial charge in [0.1, 0.15) is 5.82 Å². The van der Waals surface area contributed by atoms with Crippen molar-refractivity contribution < 1.29 is 4.79 Å². The molecule has 0 unspecified atom stereocenters. The number of nitriles is 1. The van der Waals surface area contributed by atoms with Crippen molar-refractivity contribution >= 4 is 23.4 Å². The van der Waals surface area contributed by atoms with Gasteiger partial charge in [-0.1, -0.05) is 66.4 Å². The largest absolute Gasteiger partial charge is 0.311 e. The van der Waals surface area contributed by atoms with Crippen LogP contribution in [-0.2, 0) is 11.2 Å². The fourth-order valence-electron chi connectivity index (χ4n) is 3.78. The number of hydrogen-bond acceptors (Lipinski definition) is 5. The zero-order valence-electron chi connectivity index (χ0n) is 19.9. The number of carbonyl (C=O) groups excluding carboxylic acids is 1. The van der Waals surface area contributed by atoms with E-state index in [1.807, 2.05) is 85.1 Å². The van der Waals surface area contributed by atoms with E-state index in [9.17, 15) is 4.79 Å². The number of thioether (sulfide) groups is 1. The monoisotopic (exact) mass is 481 g/mol. The van der Waals surface area contributed by atoms with Crippen molar-refractivity contribution in [2.75, 3.05) is 17.2 Å². The molecule has 4 rings (SSSR count). The second-order valence-corrected chi connectivity index (χ2v) is 9.19. The zero-order chi connectivity index (χ0) is 24.6. The summed E-state index contributed by atoms with van der Waals surface area (Å²) in [5.74, 6) is 0.933. The molecule has 7 heteroatoms. The van der Waals surface area contributed by atoms with Gasteiger partial charge in [-0.15, -0.1) is 10.2 Å². The van der Waals surface area contributed by atoms with Crippen molar-refractivity contribution in [3.8, 4) is 11.8 Å². The second-order valence-electron chi connectivity index (χ2n) is 8.24. The van der Waals surface area contributed by atoms with Gasteiger partial charge < -0.3 is 4.90 Å². The van der Waals surface area contributed by atoms with Crippen LogP contribution >= 0.6 is 11.8 Å². The molecule has 0 aliphatic heterocycles. The summed E-state index contributed by atoms with van der Waals surface area (Å²) in [6.07, 6.45) is 0.902. The van der Waals surface area contributed by atoms with E-state index >= 15 is 0 Å². The van der Waals surface area contributed by atoms with Crippen LogP contribution in [0.4, 0.5) is 5.69 Å². The number of carbonyl (C=O) groups is 1. The molecule has 4 aromatic rings. The molecule has 0 spiro atoms. The van der Waals surface area contributed by atoms with Gasteiger partial charge in [-0.3, -0.25) is 9.36 Å². The number of rotatable bonds is 9. The van der Waals surface area contributed by atoms with Crippen LogP contribution in [0.25, 0.3) is 5.69 Å². The fraction of sp³-hybridized carbons (Fsp3) is 0.214. The average molecular weight is 482 g/mol. The lowest BCUT2D eigenvalue weighted by Gasteiger charge is -2.22. The smallest absolute Gasteiger partial charge is 0.237 e. The summed E-state index contributed by atoms with van der Waals surface area (Å²) >= 11 is 1.36. The van der Waals surface area contributed by atoms with Crippen LogP contribution in [0.1, 0.15) is 28.9 Å². The van der Waals surface area contributed by atoms with E-state index in [1.165, 1.54) is 11.8 Å². The lowest BCUT2D eigenvalue weighted by Crippen LogP contribution is -2.33. The third-order valence-electron chi connectivity index (χ3n) is 5.80. The number of aromatic nitrogens is 3. The number of nitrogens with zero attached hydrogens (tertiary/aromatic N) is 5. The minimum Gasteiger partial charge on any atom is -0.311 e. The summed E-state index contributed by atoms with van der Waals surface area (Å²) in [4.78, 5) is 15.0. The quantitative estimate of drug-likeness (QED) is 0.295. The van der Waals surface area contributed by atoms with Gasteiger partial charge in [0.2, 0.25) is 5.91 Å². The van der Waals surface area contributed by atoms with E-state index in [1.54, 1.807) is 4.90 Å². The Hall–Kier alpha value is -3.89. The third kappa shape index (κ3) is 5.97. The van der Waals surface area contributed by atoms with Gasteiger partial charge in [-0.25, -0.2) is 0 Å². The second kappa shape index (κ2) is 11.5. The number of benzene rings is 3. The Kier molecular flexibility index (Phi) is 7.96. The lowest BCUT2D eigenvalue weighted by atomic mass is 10.1. The van der Waals surface area contributed by atoms with Crippen LogP contribution in [-0.4, -0.2) is 33.0 Å². The molecule has 1 amide bonds. The molecule has 0 fully saturated rings. The highest BCUT2D eigenvalue weighted by Gasteiger charge is 2.20. The molecule has 6 nitrogen and oxygen atoms in total. The Bertz CT molecular complexity index is 1330. The molecular weight excluding hydrogens is 454 g/mol. The zero-order valence-corrected chi connectivity index (χ0v) is 20.7. The van der Waals surface area contributed by atoms with Crippen LogP contribution in [0, 0.1) is 25.2 Å². The average Bonchev–Trinajstić information content (AvgIpc) is 3.28. The van der Waals surface area contributed by atoms with Crippen LogP contribution < -0.4 is 4.90 Å². The summed E-state index contributed by atoms with van der Waals surface area (Å²) in [6.45, 7) is 4.42. The first-order valence-electron chi connectivity index (χ1n) is 11.5. The molecule has 0 aliphatic rings. The van der Waals surface area contributed by atoms with Crippen molar-refractivity contribution in [3.63, 3.8) is 0 Å². The van der Waals surface area contributed by atoms with E-state index in [2.05, 4.69) is 28.4 Å². The molecule has 0 atom stereocenters. The maximum atomic E-state index is 13.3. The Morgan fingerprint density at radius 3 is 2.37 bits per heavy atom. The van der Waals surface area contributed by atoms with Gasteiger partial charge >= 0.3 is 0 Å². The first kappa shape index (κ1) is 24.2. The molecule has 176 valence electrons. The number of anilines is 1. The van der Waals surface area contributed by atoms with Crippen molar-refractivity contribution in [3.05, 3.63) is 101 Å². The van der Waals surface area contributed by atoms with Gasteiger partial charge in [0.05, 0.1) is 18.2 Å². The third-order valence-corrected chi connectivity index (χ3v) is 6.71. The van der Waals surface area contributed by atoms with Crippen LogP contribution in [0.5, 0.6) is 0 Å². The van der Waals surface area contributed by atoms with E-state index in [0.717, 1.165) is 33.9 Å². The highest BCUT2D eigenvalue weighted by molar-refractivity contribution is 7.99. The van der Waals surface area contributed by atoms with Crippen LogP contribution in [0.2, 0.25) is 0 Å². The normalized spacial score (nSPS) is 10.7. The van der Waals surface area contributed by atoms with Crippen LogP contribution in [0.15, 0.2) is 84.0 Å². The summed E-state index contributed by atoms with van der Waals surface area (Å²) in [6, 6.07) is 28.2. The van der Waals surface area contributed by atoms with Crippen molar-refractivity contribution in [1.82, 2.24) is 14.8 Å². The van der Waals surface area contributed by atoms with Gasteiger partial charge in [-0.2, -0.15) is 5.26 Å². The summed E-state index contributed by atoms with van der Waals surface area (Å²) in [7, 11) is 0. The van der Waals surface area contributed by atoms with Crippen molar-refractivity contribution in [2.24, 2.45) is 0 Å². The molecule has 0 N–H and O–H groups in total. The number of amides is 1. The Balaban J connectivity index is 1.58. The standard InChI is InChI=1S/C28H27N5OS/c1-21-14-15-25(18-22(21)2)32(17-9-16-29)27(34)20-35-28-31-30-26(19-23-10-5-3-6-11-23)33(28)24-12-7-4-8-13-24/h3-8,10-15,18H,9,17,19-20H2,1-2H3. The summed E-state index contributed by atoms with van der Waals surface area (Å²) in [5.41, 5.74) is 5.18. The molecule has 0 saturated heterocycles. The Morgan fingerprint density at radius 1 is 0.971 bits per heavy atom. The highest BCUT2D eigenvalue weighted by atomic mass is 32.2. The molecule has 0 saturated carbocycles. The van der Waals surface area contributed by atoms with Gasteiger partial charge in [0.15, 0.2) is 5.16 Å². The fourth-order valence-corrected chi connectivity index (χ4v) is 4.63. The molecule has 35 heavy (non-hydrogen) atoms. The lowest BCUT2D eigenvalue weighted by molar-refractivity contribution is -0.116. The number of aryl methyl sites for hydroxylation is 2. The molecule has 1 heterocycles. The maximum absolute atomic E-state index is 13.3. The van der Waals surface area contributed by atoms with Gasteiger partial charge in [-0.05, 0) is 54.8 Å². The molecule has 0 radical (unpaired) electrons. The first-order chi connectivity index (χ1) is 17.1. The van der Waals surface area contributed by atoms with Crippen molar-refractivity contribution in [1.29, 1.82) is 5.26 Å². The molecule has 0 bridgehead atoms. The van der Waals surface area contributed by atoms with Gasteiger partial charge in [0, 0.05) is 24.3 Å². The van der Waals surface area contributed by atoms with E-state index in [-0.39, 0.29) is 18.1 Å². The van der Waals surface area contributed by atoms with E-state index < -0.39 is 0 Å². The first-order valence-corrected chi connectivity index (χ1v) is 12.5. The predicted molar refractivity (Wildman–Crippen MR) is 140 cm³/mol. The Labute approximate surface area is 210 Å². The van der Waals surface area contributed by atoms with E-state index in [4.69, 9.17) is 5.26 Å².